The number of para-hydroxylation sites is 1. The molecule has 1 saturated heterocycles. The number of anilines is 1. The molecule has 100 valence electrons. The van der Waals surface area contributed by atoms with E-state index in [0.717, 1.165) is 36.9 Å². The van der Waals surface area contributed by atoms with Crippen molar-refractivity contribution in [3.05, 3.63) is 29.8 Å². The van der Waals surface area contributed by atoms with Crippen molar-refractivity contribution in [1.29, 1.82) is 0 Å². The van der Waals surface area contributed by atoms with E-state index in [0.29, 0.717) is 13.2 Å². The van der Waals surface area contributed by atoms with Crippen molar-refractivity contribution < 1.29 is 14.3 Å². The Kier molecular flexibility index (Phi) is 2.29. The number of benzene rings is 1. The van der Waals surface area contributed by atoms with Crippen molar-refractivity contribution in [3.8, 4) is 0 Å². The van der Waals surface area contributed by atoms with Crippen LogP contribution < -0.4 is 5.32 Å². The smallest absolute Gasteiger partial charge is 0.235 e. The molecule has 2 spiro atoms. The molecule has 2 aliphatic heterocycles. The zero-order valence-corrected chi connectivity index (χ0v) is 10.8. The molecule has 0 radical (unpaired) electrons. The van der Waals surface area contributed by atoms with Crippen LogP contribution in [-0.2, 0) is 19.7 Å². The van der Waals surface area contributed by atoms with E-state index in [1.54, 1.807) is 0 Å². The van der Waals surface area contributed by atoms with Gasteiger partial charge in [-0.25, -0.2) is 0 Å². The third-order valence-electron chi connectivity index (χ3n) is 4.80. The molecule has 2 fully saturated rings. The first-order valence-corrected chi connectivity index (χ1v) is 6.93. The molecule has 0 atom stereocenters. The topological polar surface area (TPSA) is 47.6 Å². The van der Waals surface area contributed by atoms with Crippen LogP contribution >= 0.6 is 0 Å². The maximum Gasteiger partial charge on any atom is 0.235 e. The van der Waals surface area contributed by atoms with Gasteiger partial charge < -0.3 is 14.8 Å². The van der Waals surface area contributed by atoms with Crippen LogP contribution in [0, 0.1) is 0 Å². The minimum Gasteiger partial charge on any atom is -0.348 e. The molecule has 4 rings (SSSR count). The molecule has 3 aliphatic rings. The van der Waals surface area contributed by atoms with Crippen molar-refractivity contribution >= 4 is 11.6 Å². The highest BCUT2D eigenvalue weighted by Crippen LogP contribution is 2.51. The molecule has 1 aliphatic carbocycles. The summed E-state index contributed by atoms with van der Waals surface area (Å²) in [5.74, 6) is -0.273. The average molecular weight is 259 g/mol. The van der Waals surface area contributed by atoms with Gasteiger partial charge in [-0.2, -0.15) is 0 Å². The van der Waals surface area contributed by atoms with Gasteiger partial charge in [0.1, 0.15) is 0 Å². The Morgan fingerprint density at radius 2 is 1.68 bits per heavy atom. The third kappa shape index (κ3) is 1.50. The summed E-state index contributed by atoms with van der Waals surface area (Å²) >= 11 is 0. The second-order valence-electron chi connectivity index (χ2n) is 5.69. The van der Waals surface area contributed by atoms with E-state index in [4.69, 9.17) is 9.47 Å². The maximum atomic E-state index is 12.4. The Bertz CT molecular complexity index is 524. The second kappa shape index (κ2) is 3.81. The van der Waals surface area contributed by atoms with Crippen LogP contribution in [0.1, 0.15) is 31.2 Å². The molecule has 0 unspecified atom stereocenters. The molecule has 1 saturated carbocycles. The van der Waals surface area contributed by atoms with Gasteiger partial charge in [0.2, 0.25) is 5.91 Å². The molecule has 0 bridgehead atoms. The van der Waals surface area contributed by atoms with Gasteiger partial charge in [0.05, 0.1) is 18.6 Å². The zero-order valence-electron chi connectivity index (χ0n) is 10.8. The fourth-order valence-corrected chi connectivity index (χ4v) is 3.71. The fraction of sp³-hybridized carbons (Fsp3) is 0.533. The molecular formula is C15H17NO3. The van der Waals surface area contributed by atoms with E-state index in [9.17, 15) is 4.79 Å². The lowest BCUT2D eigenvalue weighted by Crippen LogP contribution is -2.45. The third-order valence-corrected chi connectivity index (χ3v) is 4.80. The van der Waals surface area contributed by atoms with Gasteiger partial charge >= 0.3 is 0 Å². The number of nitrogens with one attached hydrogen (secondary N) is 1. The number of carbonyl (C=O) groups excluding carboxylic acids is 1. The lowest BCUT2D eigenvalue weighted by molar-refractivity contribution is -0.185. The Labute approximate surface area is 112 Å². The van der Waals surface area contributed by atoms with Gasteiger partial charge in [0.25, 0.3) is 0 Å². The summed E-state index contributed by atoms with van der Waals surface area (Å²) in [4.78, 5) is 12.4. The lowest BCUT2D eigenvalue weighted by Gasteiger charge is -2.40. The number of hydrogen-bond acceptors (Lipinski definition) is 3. The van der Waals surface area contributed by atoms with E-state index >= 15 is 0 Å². The van der Waals surface area contributed by atoms with Crippen LogP contribution in [0.3, 0.4) is 0 Å². The molecule has 4 nitrogen and oxygen atoms in total. The summed E-state index contributed by atoms with van der Waals surface area (Å²) in [5.41, 5.74) is 1.75. The predicted molar refractivity (Wildman–Crippen MR) is 69.9 cm³/mol. The highest BCUT2D eigenvalue weighted by Gasteiger charge is 2.53. The van der Waals surface area contributed by atoms with Crippen LogP contribution in [-0.4, -0.2) is 24.9 Å². The normalized spacial score (nSPS) is 26.6. The molecule has 1 aromatic rings. The average Bonchev–Trinajstić information content (AvgIpc) is 2.99. The quantitative estimate of drug-likeness (QED) is 0.777. The molecule has 1 N–H and O–H groups in total. The van der Waals surface area contributed by atoms with Gasteiger partial charge in [-0.15, -0.1) is 0 Å². The minimum atomic E-state index is -0.414. The van der Waals surface area contributed by atoms with Gasteiger partial charge in [0.15, 0.2) is 5.79 Å². The highest BCUT2D eigenvalue weighted by atomic mass is 16.7. The van der Waals surface area contributed by atoms with E-state index in [1.165, 1.54) is 0 Å². The first-order valence-electron chi connectivity index (χ1n) is 6.93. The number of hydrogen-bond donors (Lipinski definition) is 1. The van der Waals surface area contributed by atoms with Crippen molar-refractivity contribution in [1.82, 2.24) is 0 Å². The lowest BCUT2D eigenvalue weighted by atomic mass is 9.68. The monoisotopic (exact) mass is 259 g/mol. The summed E-state index contributed by atoms with van der Waals surface area (Å²) in [6.07, 6.45) is 3.20. The zero-order chi connectivity index (χ0) is 12.9. The van der Waals surface area contributed by atoms with Crippen molar-refractivity contribution in [3.63, 3.8) is 0 Å². The van der Waals surface area contributed by atoms with Crippen LogP contribution in [0.4, 0.5) is 5.69 Å². The van der Waals surface area contributed by atoms with Gasteiger partial charge in [-0.1, -0.05) is 18.2 Å². The predicted octanol–water partition coefficient (Wildman–Crippen LogP) is 2.19. The Morgan fingerprint density at radius 3 is 2.42 bits per heavy atom. The van der Waals surface area contributed by atoms with Gasteiger partial charge in [-0.3, -0.25) is 4.79 Å². The van der Waals surface area contributed by atoms with Crippen LogP contribution in [0.2, 0.25) is 0 Å². The molecule has 0 aromatic heterocycles. The highest BCUT2D eigenvalue weighted by molar-refractivity contribution is 6.06. The van der Waals surface area contributed by atoms with E-state index in [1.807, 2.05) is 18.2 Å². The van der Waals surface area contributed by atoms with Crippen LogP contribution in [0.25, 0.3) is 0 Å². The molecule has 4 heteroatoms. The molecular weight excluding hydrogens is 242 g/mol. The van der Waals surface area contributed by atoms with E-state index in [-0.39, 0.29) is 11.3 Å². The first-order chi connectivity index (χ1) is 9.24. The minimum absolute atomic E-state index is 0.140. The molecule has 1 amide bonds. The van der Waals surface area contributed by atoms with E-state index < -0.39 is 5.79 Å². The largest absolute Gasteiger partial charge is 0.348 e. The van der Waals surface area contributed by atoms with Crippen molar-refractivity contribution in [2.24, 2.45) is 0 Å². The first kappa shape index (κ1) is 11.4. The maximum absolute atomic E-state index is 12.4. The molecule has 19 heavy (non-hydrogen) atoms. The van der Waals surface area contributed by atoms with E-state index in [2.05, 4.69) is 11.4 Å². The Hall–Kier alpha value is -1.39. The standard InChI is InChI=1S/C15H17NO3/c17-13-14(11-3-1-2-4-12(11)16-13)5-7-15(8-6-14)18-9-10-19-15/h1-4H,5-10H2,(H,16,17). The van der Waals surface area contributed by atoms with Gasteiger partial charge in [0, 0.05) is 18.5 Å². The summed E-state index contributed by atoms with van der Waals surface area (Å²) in [7, 11) is 0. The number of carbonyl (C=O) groups is 1. The van der Waals surface area contributed by atoms with Gasteiger partial charge in [-0.05, 0) is 24.5 Å². The fourth-order valence-electron chi connectivity index (χ4n) is 3.71. The summed E-state index contributed by atoms with van der Waals surface area (Å²) in [6.45, 7) is 1.35. The number of amides is 1. The summed E-state index contributed by atoms with van der Waals surface area (Å²) < 4.78 is 11.5. The number of ether oxygens (including phenoxy) is 2. The summed E-state index contributed by atoms with van der Waals surface area (Å²) in [6, 6.07) is 8.02. The number of rotatable bonds is 0. The Morgan fingerprint density at radius 1 is 1.00 bits per heavy atom. The van der Waals surface area contributed by atoms with Crippen molar-refractivity contribution in [2.75, 3.05) is 18.5 Å². The Balaban J connectivity index is 1.67. The van der Waals surface area contributed by atoms with Crippen LogP contribution in [0.15, 0.2) is 24.3 Å². The van der Waals surface area contributed by atoms with Crippen LogP contribution in [0.5, 0.6) is 0 Å². The van der Waals surface area contributed by atoms with Crippen molar-refractivity contribution in [2.45, 2.75) is 36.9 Å². The SMILES string of the molecule is O=C1Nc2ccccc2C12CCC1(CC2)OCCO1. The number of fused-ring (bicyclic) bond motifs is 2. The summed E-state index contributed by atoms with van der Waals surface area (Å²) in [5, 5.41) is 3.02. The molecule has 1 aromatic carbocycles. The second-order valence-corrected chi connectivity index (χ2v) is 5.69. The molecule has 2 heterocycles.